The van der Waals surface area contributed by atoms with Crippen LogP contribution in [0.15, 0.2) is 30.5 Å². The zero-order valence-corrected chi connectivity index (χ0v) is 14.8. The summed E-state index contributed by atoms with van der Waals surface area (Å²) in [5.41, 5.74) is -0.950. The van der Waals surface area contributed by atoms with Crippen LogP contribution >= 0.6 is 12.4 Å². The highest BCUT2D eigenvalue weighted by atomic mass is 35.5. The second-order valence-electron chi connectivity index (χ2n) is 5.94. The number of hydrogen-bond donors (Lipinski definition) is 1. The third-order valence-corrected chi connectivity index (χ3v) is 4.29. The highest BCUT2D eigenvalue weighted by Gasteiger charge is 2.34. The largest absolute Gasteiger partial charge is 0.418 e. The Morgan fingerprint density at radius 3 is 2.73 bits per heavy atom. The number of rotatable bonds is 3. The van der Waals surface area contributed by atoms with Crippen LogP contribution < -0.4 is 5.32 Å². The lowest BCUT2D eigenvalue weighted by Gasteiger charge is -2.31. The van der Waals surface area contributed by atoms with Crippen LogP contribution in [0.1, 0.15) is 28.9 Å². The van der Waals surface area contributed by atoms with Crippen LogP contribution in [-0.2, 0) is 6.18 Å². The van der Waals surface area contributed by atoms with Crippen LogP contribution in [0.4, 0.5) is 13.2 Å². The van der Waals surface area contributed by atoms with Gasteiger partial charge in [-0.1, -0.05) is 17.3 Å². The fourth-order valence-corrected chi connectivity index (χ4v) is 2.95. The molecule has 0 saturated carbocycles. The van der Waals surface area contributed by atoms with Gasteiger partial charge in [-0.2, -0.15) is 13.2 Å². The first-order valence-electron chi connectivity index (χ1n) is 7.95. The molecule has 1 N–H and O–H groups in total. The Morgan fingerprint density at radius 1 is 1.31 bits per heavy atom. The molecule has 26 heavy (non-hydrogen) atoms. The predicted octanol–water partition coefficient (Wildman–Crippen LogP) is 2.53. The number of amides is 1. The molecule has 6 nitrogen and oxygen atoms in total. The molecule has 2 heterocycles. The van der Waals surface area contributed by atoms with Gasteiger partial charge in [0.25, 0.3) is 5.91 Å². The van der Waals surface area contributed by atoms with Gasteiger partial charge in [-0.3, -0.25) is 4.79 Å². The van der Waals surface area contributed by atoms with Crippen LogP contribution in [0, 0.1) is 0 Å². The molecule has 0 bridgehead atoms. The fourth-order valence-electron chi connectivity index (χ4n) is 2.95. The lowest BCUT2D eigenvalue weighted by Crippen LogP contribution is -2.47. The van der Waals surface area contributed by atoms with E-state index < -0.39 is 11.7 Å². The van der Waals surface area contributed by atoms with Crippen LogP contribution in [0.25, 0.3) is 5.69 Å². The fraction of sp³-hybridized carbons (Fsp3) is 0.438. The van der Waals surface area contributed by atoms with Crippen molar-refractivity contribution in [3.63, 3.8) is 0 Å². The first-order valence-corrected chi connectivity index (χ1v) is 7.95. The minimum absolute atomic E-state index is 0. The van der Waals surface area contributed by atoms with Crippen molar-refractivity contribution < 1.29 is 18.0 Å². The predicted molar refractivity (Wildman–Crippen MR) is 91.6 cm³/mol. The number of likely N-dealkylation sites (N-methyl/N-ethyl adjacent to an activating group) is 1. The van der Waals surface area contributed by atoms with Crippen LogP contribution in [0.3, 0.4) is 0 Å². The van der Waals surface area contributed by atoms with Gasteiger partial charge in [0.1, 0.15) is 0 Å². The number of para-hydroxylation sites is 1. The molecule has 1 amide bonds. The molecule has 0 radical (unpaired) electrons. The van der Waals surface area contributed by atoms with E-state index >= 15 is 0 Å². The van der Waals surface area contributed by atoms with Gasteiger partial charge in [0, 0.05) is 19.1 Å². The Bertz CT molecular complexity index is 764. The zero-order valence-electron chi connectivity index (χ0n) is 14.0. The normalized spacial score (nSPS) is 17.7. The molecular formula is C16H19ClF3N5O. The summed E-state index contributed by atoms with van der Waals surface area (Å²) >= 11 is 0. The topological polar surface area (TPSA) is 63.1 Å². The lowest BCUT2D eigenvalue weighted by molar-refractivity contribution is -0.137. The molecule has 1 aliphatic rings. The summed E-state index contributed by atoms with van der Waals surface area (Å²) in [6.07, 6.45) is -1.43. The van der Waals surface area contributed by atoms with Gasteiger partial charge >= 0.3 is 6.18 Å². The molecule has 142 valence electrons. The van der Waals surface area contributed by atoms with Gasteiger partial charge in [0.05, 0.1) is 17.4 Å². The Balaban J connectivity index is 0.00000243. The van der Waals surface area contributed by atoms with Crippen molar-refractivity contribution in [3.8, 4) is 5.69 Å². The van der Waals surface area contributed by atoms with E-state index in [0.29, 0.717) is 13.1 Å². The smallest absolute Gasteiger partial charge is 0.336 e. The van der Waals surface area contributed by atoms with Crippen LogP contribution in [0.5, 0.6) is 0 Å². The van der Waals surface area contributed by atoms with Crippen LogP contribution in [-0.4, -0.2) is 52.0 Å². The van der Waals surface area contributed by atoms with E-state index in [1.165, 1.54) is 24.4 Å². The summed E-state index contributed by atoms with van der Waals surface area (Å²) in [6.45, 7) is 1.14. The van der Waals surface area contributed by atoms with Crippen molar-refractivity contribution in [2.45, 2.75) is 25.1 Å². The summed E-state index contributed by atoms with van der Waals surface area (Å²) in [4.78, 5) is 14.2. The number of aromatic nitrogens is 3. The van der Waals surface area contributed by atoms with Gasteiger partial charge in [0.2, 0.25) is 0 Å². The lowest BCUT2D eigenvalue weighted by atomic mass is 10.1. The Labute approximate surface area is 154 Å². The average Bonchev–Trinajstić information content (AvgIpc) is 3.10. The van der Waals surface area contributed by atoms with Gasteiger partial charge in [0.15, 0.2) is 5.69 Å². The molecule has 1 fully saturated rings. The Hall–Kier alpha value is -2.13. The van der Waals surface area contributed by atoms with Crippen molar-refractivity contribution in [2.24, 2.45) is 0 Å². The van der Waals surface area contributed by atoms with E-state index in [2.05, 4.69) is 15.6 Å². The molecule has 1 atom stereocenters. The highest BCUT2D eigenvalue weighted by Crippen LogP contribution is 2.33. The van der Waals surface area contributed by atoms with E-state index in [1.807, 2.05) is 7.05 Å². The molecule has 0 aliphatic carbocycles. The molecular weight excluding hydrogens is 371 g/mol. The van der Waals surface area contributed by atoms with Gasteiger partial charge in [-0.15, -0.1) is 17.5 Å². The molecule has 0 spiro atoms. The summed E-state index contributed by atoms with van der Waals surface area (Å²) in [6, 6.07) is 5.26. The number of piperidine rings is 1. The Kier molecular flexibility index (Phi) is 6.25. The minimum atomic E-state index is -4.51. The molecule has 1 aromatic carbocycles. The summed E-state index contributed by atoms with van der Waals surface area (Å²) in [5, 5.41) is 10.6. The van der Waals surface area contributed by atoms with Crippen molar-refractivity contribution in [3.05, 3.63) is 41.7 Å². The maximum atomic E-state index is 13.1. The molecule has 1 aliphatic heterocycles. The first-order chi connectivity index (χ1) is 11.9. The van der Waals surface area contributed by atoms with E-state index in [4.69, 9.17) is 0 Å². The van der Waals surface area contributed by atoms with Crippen molar-refractivity contribution >= 4 is 18.3 Å². The maximum Gasteiger partial charge on any atom is 0.418 e. The Morgan fingerprint density at radius 2 is 2.04 bits per heavy atom. The maximum absolute atomic E-state index is 13.1. The van der Waals surface area contributed by atoms with E-state index in [-0.39, 0.29) is 35.7 Å². The number of nitrogens with zero attached hydrogens (tertiary/aromatic N) is 4. The quantitative estimate of drug-likeness (QED) is 0.876. The average molecular weight is 390 g/mol. The van der Waals surface area contributed by atoms with E-state index in [1.54, 1.807) is 4.90 Å². The molecule has 3 rings (SSSR count). The van der Waals surface area contributed by atoms with Crippen molar-refractivity contribution in [1.29, 1.82) is 0 Å². The number of nitrogens with one attached hydrogen (secondary N) is 1. The SMILES string of the molecule is CNC1CCCN(C(=O)c2cn(-c3ccccc3C(F)(F)F)nn2)C1.Cl. The summed E-state index contributed by atoms with van der Waals surface area (Å²) in [5.74, 6) is -0.323. The number of alkyl halides is 3. The van der Waals surface area contributed by atoms with E-state index in [9.17, 15) is 18.0 Å². The minimum Gasteiger partial charge on any atom is -0.336 e. The molecule has 10 heteroatoms. The van der Waals surface area contributed by atoms with Crippen LogP contribution in [0.2, 0.25) is 0 Å². The molecule has 2 aromatic rings. The summed E-state index contributed by atoms with van der Waals surface area (Å²) < 4.78 is 40.4. The number of carbonyl (C=O) groups is 1. The second kappa shape index (κ2) is 8.05. The third kappa shape index (κ3) is 4.16. The number of halogens is 4. The number of likely N-dealkylation sites (tertiary alicyclic amines) is 1. The second-order valence-corrected chi connectivity index (χ2v) is 5.94. The third-order valence-electron chi connectivity index (χ3n) is 4.29. The van der Waals surface area contributed by atoms with E-state index in [0.717, 1.165) is 23.6 Å². The summed E-state index contributed by atoms with van der Waals surface area (Å²) in [7, 11) is 1.84. The number of benzene rings is 1. The standard InChI is InChI=1S/C16H18F3N5O.ClH/c1-20-11-5-4-8-23(9-11)15(25)13-10-24(22-21-13)14-7-3-2-6-12(14)16(17,18)19;/h2-3,6-7,10-11,20H,4-5,8-9H2,1H3;1H. The molecule has 1 aromatic heterocycles. The van der Waals surface area contributed by atoms with Gasteiger partial charge in [-0.05, 0) is 32.0 Å². The zero-order chi connectivity index (χ0) is 18.0. The van der Waals surface area contributed by atoms with Gasteiger partial charge < -0.3 is 10.2 Å². The van der Waals surface area contributed by atoms with Crippen molar-refractivity contribution in [1.82, 2.24) is 25.2 Å². The first kappa shape index (κ1) is 20.2. The number of carbonyl (C=O) groups excluding carboxylic acids is 1. The monoisotopic (exact) mass is 389 g/mol. The number of hydrogen-bond acceptors (Lipinski definition) is 4. The van der Waals surface area contributed by atoms with Gasteiger partial charge in [-0.25, -0.2) is 4.68 Å². The highest BCUT2D eigenvalue weighted by molar-refractivity contribution is 5.92. The van der Waals surface area contributed by atoms with Crippen molar-refractivity contribution in [2.75, 3.05) is 20.1 Å². The molecule has 1 unspecified atom stereocenters. The molecule has 1 saturated heterocycles.